The summed E-state index contributed by atoms with van der Waals surface area (Å²) in [6.07, 6.45) is -1.94. The third-order valence-corrected chi connectivity index (χ3v) is 6.44. The normalized spacial score (nSPS) is 21.7. The van der Waals surface area contributed by atoms with Crippen molar-refractivity contribution in [1.82, 2.24) is 0 Å². The predicted molar refractivity (Wildman–Crippen MR) is 144 cm³/mol. The second-order valence-electron chi connectivity index (χ2n) is 9.34. The lowest BCUT2D eigenvalue weighted by Gasteiger charge is -2.27. The molecule has 7 nitrogen and oxygen atoms in total. The first kappa shape index (κ1) is 28.0. The van der Waals surface area contributed by atoms with Crippen LogP contribution in [0.25, 0.3) is 0 Å². The van der Waals surface area contributed by atoms with Crippen molar-refractivity contribution in [1.29, 1.82) is 0 Å². The minimum absolute atomic E-state index is 0.0205. The van der Waals surface area contributed by atoms with Gasteiger partial charge in [-0.25, -0.2) is 0 Å². The second-order valence-corrected chi connectivity index (χ2v) is 9.34. The minimum atomic E-state index is -0.628. The van der Waals surface area contributed by atoms with E-state index in [4.69, 9.17) is 29.4 Å². The Balaban J connectivity index is 1.51. The number of carbonyl (C=O) groups is 1. The molecule has 0 bridgehead atoms. The van der Waals surface area contributed by atoms with Crippen LogP contribution in [0.5, 0.6) is 0 Å². The molecule has 2 unspecified atom stereocenters. The highest BCUT2D eigenvalue weighted by Gasteiger charge is 2.49. The first-order valence-corrected chi connectivity index (χ1v) is 13.1. The summed E-state index contributed by atoms with van der Waals surface area (Å²) in [6.45, 7) is 3.55. The van der Waals surface area contributed by atoms with Gasteiger partial charge in [0.15, 0.2) is 0 Å². The van der Waals surface area contributed by atoms with Crippen molar-refractivity contribution in [2.24, 2.45) is 5.73 Å². The van der Waals surface area contributed by atoms with E-state index in [-0.39, 0.29) is 12.4 Å². The van der Waals surface area contributed by atoms with E-state index in [1.165, 1.54) is 0 Å². The maximum Gasteiger partial charge on any atom is 0.307 e. The molecule has 1 fully saturated rings. The van der Waals surface area contributed by atoms with Crippen molar-refractivity contribution >= 4 is 5.97 Å². The van der Waals surface area contributed by atoms with E-state index in [0.29, 0.717) is 33.0 Å². The van der Waals surface area contributed by atoms with Crippen LogP contribution < -0.4 is 5.73 Å². The number of benzene rings is 3. The summed E-state index contributed by atoms with van der Waals surface area (Å²) in [5, 5.41) is 0. The molecule has 1 saturated heterocycles. The third kappa shape index (κ3) is 8.21. The van der Waals surface area contributed by atoms with Gasteiger partial charge < -0.3 is 29.4 Å². The van der Waals surface area contributed by atoms with E-state index in [0.717, 1.165) is 16.7 Å². The van der Waals surface area contributed by atoms with E-state index >= 15 is 0 Å². The van der Waals surface area contributed by atoms with Crippen molar-refractivity contribution in [2.75, 3.05) is 13.2 Å². The van der Waals surface area contributed by atoms with Crippen LogP contribution in [0.15, 0.2) is 91.0 Å². The summed E-state index contributed by atoms with van der Waals surface area (Å²) in [7, 11) is 0. The number of ether oxygens (including phenoxy) is 5. The Kier molecular flexibility index (Phi) is 10.9. The molecule has 0 aromatic heterocycles. The van der Waals surface area contributed by atoms with Gasteiger partial charge in [0.1, 0.15) is 24.4 Å². The number of hydrogen-bond donors (Lipinski definition) is 1. The molecule has 1 heterocycles. The van der Waals surface area contributed by atoms with Crippen molar-refractivity contribution in [2.45, 2.75) is 63.6 Å². The van der Waals surface area contributed by atoms with Crippen LogP contribution in [0.4, 0.5) is 0 Å². The van der Waals surface area contributed by atoms with Crippen molar-refractivity contribution in [3.05, 3.63) is 108 Å². The number of hydrogen-bond acceptors (Lipinski definition) is 7. The zero-order valence-electron chi connectivity index (χ0n) is 21.8. The Morgan fingerprint density at radius 3 is 1.82 bits per heavy atom. The minimum Gasteiger partial charge on any atom is -0.466 e. The zero-order chi connectivity index (χ0) is 26.6. The maximum atomic E-state index is 12.2. The lowest BCUT2D eigenvalue weighted by atomic mass is 10.00. The van der Waals surface area contributed by atoms with Crippen LogP contribution in [-0.4, -0.2) is 49.6 Å². The number of nitrogens with two attached hydrogens (primary N) is 1. The molecule has 202 valence electrons. The molecule has 38 heavy (non-hydrogen) atoms. The van der Waals surface area contributed by atoms with E-state index in [2.05, 4.69) is 0 Å². The van der Waals surface area contributed by atoms with Crippen LogP contribution in [0.2, 0.25) is 0 Å². The van der Waals surface area contributed by atoms with Gasteiger partial charge in [-0.05, 0) is 23.6 Å². The predicted octanol–water partition coefficient (Wildman–Crippen LogP) is 4.42. The molecule has 0 spiro atoms. The quantitative estimate of drug-likeness (QED) is 0.315. The van der Waals surface area contributed by atoms with Crippen LogP contribution in [0, 0.1) is 0 Å². The highest BCUT2D eigenvalue weighted by atomic mass is 16.6. The van der Waals surface area contributed by atoms with E-state index < -0.39 is 30.5 Å². The van der Waals surface area contributed by atoms with Crippen LogP contribution in [-0.2, 0) is 48.3 Å². The summed E-state index contributed by atoms with van der Waals surface area (Å²) < 4.78 is 30.5. The van der Waals surface area contributed by atoms with Gasteiger partial charge in [-0.1, -0.05) is 91.0 Å². The summed E-state index contributed by atoms with van der Waals surface area (Å²) in [5.74, 6) is -0.365. The third-order valence-electron chi connectivity index (χ3n) is 6.44. The SMILES string of the molecule is CCOC(=O)CC(N)C1O[C@H](COCc2ccccc2)[C@@H](OCc2ccccc2)[C@@H]1OCc1ccccc1. The second kappa shape index (κ2) is 14.8. The van der Waals surface area contributed by atoms with Crippen LogP contribution >= 0.6 is 0 Å². The Morgan fingerprint density at radius 1 is 0.789 bits per heavy atom. The van der Waals surface area contributed by atoms with Crippen LogP contribution in [0.1, 0.15) is 30.0 Å². The van der Waals surface area contributed by atoms with Gasteiger partial charge in [0.05, 0.1) is 39.5 Å². The fourth-order valence-electron chi connectivity index (χ4n) is 4.55. The monoisotopic (exact) mass is 519 g/mol. The molecule has 2 N–H and O–H groups in total. The molecule has 0 saturated carbocycles. The van der Waals surface area contributed by atoms with E-state index in [1.807, 2.05) is 91.0 Å². The van der Waals surface area contributed by atoms with Crippen molar-refractivity contribution in [3.63, 3.8) is 0 Å². The maximum absolute atomic E-state index is 12.2. The molecule has 0 radical (unpaired) electrons. The number of carbonyl (C=O) groups excluding carboxylic acids is 1. The van der Waals surface area contributed by atoms with E-state index in [9.17, 15) is 4.79 Å². The average Bonchev–Trinajstić information content (AvgIpc) is 3.30. The lowest BCUT2D eigenvalue weighted by Crippen LogP contribution is -2.46. The van der Waals surface area contributed by atoms with Gasteiger partial charge in [-0.15, -0.1) is 0 Å². The molecule has 4 rings (SSSR count). The molecule has 3 aromatic rings. The highest BCUT2D eigenvalue weighted by molar-refractivity contribution is 5.70. The summed E-state index contributed by atoms with van der Waals surface area (Å²) in [5.41, 5.74) is 9.65. The Bertz CT molecular complexity index is 1080. The lowest BCUT2D eigenvalue weighted by molar-refractivity contribution is -0.145. The molecular formula is C31H37NO6. The topological polar surface area (TPSA) is 89.2 Å². The van der Waals surface area contributed by atoms with Gasteiger partial charge in [-0.2, -0.15) is 0 Å². The summed E-state index contributed by atoms with van der Waals surface area (Å²) >= 11 is 0. The fraction of sp³-hybridized carbons (Fsp3) is 0.387. The van der Waals surface area contributed by atoms with Gasteiger partial charge in [-0.3, -0.25) is 4.79 Å². The largest absolute Gasteiger partial charge is 0.466 e. The van der Waals surface area contributed by atoms with Gasteiger partial charge in [0.2, 0.25) is 0 Å². The zero-order valence-corrected chi connectivity index (χ0v) is 21.8. The van der Waals surface area contributed by atoms with Gasteiger partial charge in [0, 0.05) is 6.04 Å². The molecular weight excluding hydrogens is 482 g/mol. The molecule has 0 amide bonds. The molecule has 7 heteroatoms. The van der Waals surface area contributed by atoms with Crippen molar-refractivity contribution in [3.8, 4) is 0 Å². The molecule has 5 atom stereocenters. The van der Waals surface area contributed by atoms with Crippen molar-refractivity contribution < 1.29 is 28.5 Å². The first-order valence-electron chi connectivity index (χ1n) is 13.1. The van der Waals surface area contributed by atoms with E-state index in [1.54, 1.807) is 6.92 Å². The molecule has 1 aliphatic rings. The average molecular weight is 520 g/mol. The van der Waals surface area contributed by atoms with Gasteiger partial charge >= 0.3 is 5.97 Å². The summed E-state index contributed by atoms with van der Waals surface area (Å²) in [6, 6.07) is 29.2. The summed E-state index contributed by atoms with van der Waals surface area (Å²) in [4.78, 5) is 12.2. The fourth-order valence-corrected chi connectivity index (χ4v) is 4.55. The first-order chi connectivity index (χ1) is 18.6. The standard InChI is InChI=1S/C31H37NO6/c1-2-35-28(33)18-26(32)29-31(37-21-25-16-10-5-11-17-25)30(36-20-24-14-8-4-9-15-24)27(38-29)22-34-19-23-12-6-3-7-13-23/h3-17,26-27,29-31H,2,18-22,32H2,1H3/t26?,27-,29?,30-,31-/m1/s1. The molecule has 0 aliphatic carbocycles. The smallest absolute Gasteiger partial charge is 0.307 e. The number of rotatable bonds is 14. The Morgan fingerprint density at radius 2 is 1.29 bits per heavy atom. The molecule has 3 aromatic carbocycles. The number of esters is 1. The van der Waals surface area contributed by atoms with Gasteiger partial charge in [0.25, 0.3) is 0 Å². The Labute approximate surface area is 224 Å². The highest BCUT2D eigenvalue weighted by Crippen LogP contribution is 2.31. The van der Waals surface area contributed by atoms with Crippen LogP contribution in [0.3, 0.4) is 0 Å². The molecule has 1 aliphatic heterocycles. The Hall–Kier alpha value is -3.07.